The third kappa shape index (κ3) is 2.74. The molecule has 108 valence electrons. The molecule has 21 heavy (non-hydrogen) atoms. The molecule has 1 aromatic heterocycles. The van der Waals surface area contributed by atoms with Crippen molar-refractivity contribution in [1.82, 2.24) is 5.32 Å². The number of nitrogens with one attached hydrogen (secondary N) is 1. The summed E-state index contributed by atoms with van der Waals surface area (Å²) >= 11 is 3.49. The standard InChI is InChI=1S/C17H15BrFNO/c1-10-6-12(8-13(19)7-10)16(20-2)15-9-11-4-3-5-14(18)17(11)21-15/h3-9,16,20H,1-2H3. The Hall–Kier alpha value is -1.65. The van der Waals surface area contributed by atoms with Crippen molar-refractivity contribution in [2.24, 2.45) is 0 Å². The van der Waals surface area contributed by atoms with Gasteiger partial charge in [-0.05, 0) is 65.3 Å². The third-order valence-electron chi connectivity index (χ3n) is 3.49. The van der Waals surface area contributed by atoms with E-state index >= 15 is 0 Å². The molecule has 0 spiro atoms. The molecular weight excluding hydrogens is 333 g/mol. The van der Waals surface area contributed by atoms with Crippen LogP contribution in [-0.4, -0.2) is 7.05 Å². The lowest BCUT2D eigenvalue weighted by Crippen LogP contribution is -2.17. The van der Waals surface area contributed by atoms with E-state index in [2.05, 4.69) is 21.2 Å². The number of para-hydroxylation sites is 1. The highest BCUT2D eigenvalue weighted by molar-refractivity contribution is 9.10. The Kier molecular flexibility index (Phi) is 3.83. The van der Waals surface area contributed by atoms with Crippen LogP contribution in [0.3, 0.4) is 0 Å². The highest BCUT2D eigenvalue weighted by atomic mass is 79.9. The lowest BCUT2D eigenvalue weighted by molar-refractivity contribution is 0.489. The lowest BCUT2D eigenvalue weighted by atomic mass is 10.0. The Balaban J connectivity index is 2.11. The van der Waals surface area contributed by atoms with Gasteiger partial charge in [0.15, 0.2) is 0 Å². The number of furan rings is 1. The molecule has 0 aliphatic carbocycles. The fraction of sp³-hybridized carbons (Fsp3) is 0.176. The van der Waals surface area contributed by atoms with E-state index in [1.165, 1.54) is 12.1 Å². The molecule has 1 N–H and O–H groups in total. The summed E-state index contributed by atoms with van der Waals surface area (Å²) in [4.78, 5) is 0. The summed E-state index contributed by atoms with van der Waals surface area (Å²) in [5.74, 6) is 0.534. The minimum absolute atomic E-state index is 0.182. The van der Waals surface area contributed by atoms with Crippen molar-refractivity contribution in [1.29, 1.82) is 0 Å². The molecule has 3 rings (SSSR count). The van der Waals surface area contributed by atoms with Gasteiger partial charge in [0.25, 0.3) is 0 Å². The summed E-state index contributed by atoms with van der Waals surface area (Å²) < 4.78 is 20.5. The van der Waals surface area contributed by atoms with E-state index in [0.29, 0.717) is 0 Å². The second kappa shape index (κ2) is 5.62. The first-order valence-electron chi connectivity index (χ1n) is 6.71. The van der Waals surface area contributed by atoms with Gasteiger partial charge in [-0.2, -0.15) is 0 Å². The van der Waals surface area contributed by atoms with Gasteiger partial charge in [-0.15, -0.1) is 0 Å². The number of benzene rings is 2. The number of rotatable bonds is 3. The second-order valence-electron chi connectivity index (χ2n) is 5.09. The summed E-state index contributed by atoms with van der Waals surface area (Å²) in [6.45, 7) is 1.88. The third-order valence-corrected chi connectivity index (χ3v) is 4.11. The average Bonchev–Trinajstić information content (AvgIpc) is 2.83. The molecule has 4 heteroatoms. The van der Waals surface area contributed by atoms with E-state index in [1.807, 2.05) is 44.3 Å². The van der Waals surface area contributed by atoms with Gasteiger partial charge in [0, 0.05) is 5.39 Å². The molecule has 0 saturated carbocycles. The Labute approximate surface area is 131 Å². The molecule has 1 heterocycles. The highest BCUT2D eigenvalue weighted by Gasteiger charge is 2.18. The number of fused-ring (bicyclic) bond motifs is 1. The van der Waals surface area contributed by atoms with Crippen molar-refractivity contribution in [2.45, 2.75) is 13.0 Å². The molecule has 0 radical (unpaired) electrons. The van der Waals surface area contributed by atoms with Gasteiger partial charge < -0.3 is 9.73 Å². The summed E-state index contributed by atoms with van der Waals surface area (Å²) in [6, 6.07) is 12.7. The molecule has 0 amide bonds. The van der Waals surface area contributed by atoms with Crippen molar-refractivity contribution >= 4 is 26.9 Å². The predicted molar refractivity (Wildman–Crippen MR) is 86.0 cm³/mol. The molecule has 0 saturated heterocycles. The molecule has 3 aromatic rings. The Morgan fingerprint density at radius 2 is 2.00 bits per heavy atom. The van der Waals surface area contributed by atoms with Crippen molar-refractivity contribution in [3.8, 4) is 0 Å². The quantitative estimate of drug-likeness (QED) is 0.724. The van der Waals surface area contributed by atoms with Crippen LogP contribution in [0.5, 0.6) is 0 Å². The summed E-state index contributed by atoms with van der Waals surface area (Å²) in [7, 11) is 1.84. The first kappa shape index (κ1) is 14.3. The topological polar surface area (TPSA) is 25.2 Å². The number of hydrogen-bond donors (Lipinski definition) is 1. The first-order chi connectivity index (χ1) is 10.1. The second-order valence-corrected chi connectivity index (χ2v) is 5.94. The maximum Gasteiger partial charge on any atom is 0.148 e. The van der Waals surface area contributed by atoms with Crippen LogP contribution in [0.4, 0.5) is 4.39 Å². The molecule has 1 atom stereocenters. The van der Waals surface area contributed by atoms with E-state index in [9.17, 15) is 4.39 Å². The van der Waals surface area contributed by atoms with Gasteiger partial charge in [0.1, 0.15) is 17.2 Å². The van der Waals surface area contributed by atoms with Crippen LogP contribution < -0.4 is 5.32 Å². The predicted octanol–water partition coefficient (Wildman–Crippen LogP) is 4.95. The van der Waals surface area contributed by atoms with Crippen LogP contribution in [0.2, 0.25) is 0 Å². The van der Waals surface area contributed by atoms with Crippen LogP contribution in [0, 0.1) is 12.7 Å². The van der Waals surface area contributed by atoms with Crippen LogP contribution in [0.1, 0.15) is 22.9 Å². The fourth-order valence-corrected chi connectivity index (χ4v) is 3.06. The number of halogens is 2. The van der Waals surface area contributed by atoms with E-state index in [1.54, 1.807) is 0 Å². The average molecular weight is 348 g/mol. The molecular formula is C17H15BrFNO. The Bertz CT molecular complexity index is 776. The summed E-state index contributed by atoms with van der Waals surface area (Å²) in [6.07, 6.45) is 0. The van der Waals surface area contributed by atoms with Crippen LogP contribution in [0.25, 0.3) is 11.0 Å². The molecule has 1 unspecified atom stereocenters. The van der Waals surface area contributed by atoms with E-state index < -0.39 is 0 Å². The highest BCUT2D eigenvalue weighted by Crippen LogP contribution is 2.32. The van der Waals surface area contributed by atoms with E-state index in [-0.39, 0.29) is 11.9 Å². The van der Waals surface area contributed by atoms with Gasteiger partial charge in [-0.3, -0.25) is 0 Å². The maximum absolute atomic E-state index is 13.6. The molecule has 2 nitrogen and oxygen atoms in total. The van der Waals surface area contributed by atoms with Crippen LogP contribution in [0.15, 0.2) is 51.4 Å². The smallest absolute Gasteiger partial charge is 0.148 e. The van der Waals surface area contributed by atoms with Crippen molar-refractivity contribution in [3.05, 3.63) is 69.6 Å². The SMILES string of the molecule is CNC(c1cc(C)cc(F)c1)c1cc2cccc(Br)c2o1. The largest absolute Gasteiger partial charge is 0.458 e. The minimum Gasteiger partial charge on any atom is -0.458 e. The zero-order valence-corrected chi connectivity index (χ0v) is 13.4. The normalized spacial score (nSPS) is 12.8. The summed E-state index contributed by atoms with van der Waals surface area (Å²) in [5.41, 5.74) is 2.55. The Morgan fingerprint density at radius 1 is 1.19 bits per heavy atom. The lowest BCUT2D eigenvalue weighted by Gasteiger charge is -2.14. The zero-order chi connectivity index (χ0) is 15.0. The number of aryl methyl sites for hydroxylation is 1. The number of hydrogen-bond acceptors (Lipinski definition) is 2. The van der Waals surface area contributed by atoms with Gasteiger partial charge in [-0.25, -0.2) is 4.39 Å². The van der Waals surface area contributed by atoms with Gasteiger partial charge >= 0.3 is 0 Å². The van der Waals surface area contributed by atoms with Crippen LogP contribution >= 0.6 is 15.9 Å². The molecule has 0 aliphatic rings. The summed E-state index contributed by atoms with van der Waals surface area (Å²) in [5, 5.41) is 4.21. The fourth-order valence-electron chi connectivity index (χ4n) is 2.59. The molecule has 0 fully saturated rings. The molecule has 0 aliphatic heterocycles. The molecule has 2 aromatic carbocycles. The zero-order valence-electron chi connectivity index (χ0n) is 11.8. The van der Waals surface area contributed by atoms with Gasteiger partial charge in [0.05, 0.1) is 10.5 Å². The van der Waals surface area contributed by atoms with Crippen molar-refractivity contribution < 1.29 is 8.81 Å². The van der Waals surface area contributed by atoms with Gasteiger partial charge in [0.2, 0.25) is 0 Å². The van der Waals surface area contributed by atoms with Crippen LogP contribution in [-0.2, 0) is 0 Å². The van der Waals surface area contributed by atoms with E-state index in [0.717, 1.165) is 32.3 Å². The van der Waals surface area contributed by atoms with Crippen molar-refractivity contribution in [3.63, 3.8) is 0 Å². The van der Waals surface area contributed by atoms with E-state index in [4.69, 9.17) is 4.42 Å². The van der Waals surface area contributed by atoms with Gasteiger partial charge in [-0.1, -0.05) is 18.2 Å². The monoisotopic (exact) mass is 347 g/mol. The minimum atomic E-state index is -0.234. The molecule has 0 bridgehead atoms. The van der Waals surface area contributed by atoms with Crippen molar-refractivity contribution in [2.75, 3.05) is 7.05 Å². The first-order valence-corrected chi connectivity index (χ1v) is 7.50. The Morgan fingerprint density at radius 3 is 2.67 bits per heavy atom. The maximum atomic E-state index is 13.6.